The number of hydrogen-bond donors (Lipinski definition) is 1. The number of rotatable bonds is 5. The van der Waals surface area contributed by atoms with E-state index in [0.29, 0.717) is 22.9 Å². The van der Waals surface area contributed by atoms with Gasteiger partial charge in [-0.2, -0.15) is 13.2 Å². The number of thiophene rings is 1. The van der Waals surface area contributed by atoms with Crippen LogP contribution in [0.25, 0.3) is 10.6 Å². The maximum atomic E-state index is 13.6. The average molecular weight is 529 g/mol. The van der Waals surface area contributed by atoms with Gasteiger partial charge in [-0.1, -0.05) is 11.6 Å². The molecule has 6 nitrogen and oxygen atoms in total. The molecule has 0 saturated heterocycles. The van der Waals surface area contributed by atoms with Gasteiger partial charge in [0.25, 0.3) is 0 Å². The monoisotopic (exact) mass is 528 g/mol. The minimum atomic E-state index is -4.71. The predicted octanol–water partition coefficient (Wildman–Crippen LogP) is 5.54. The molecule has 0 radical (unpaired) electrons. The molecule has 2 aromatic heterocycles. The number of halogens is 4. The maximum Gasteiger partial charge on any atom is 0.420 e. The van der Waals surface area contributed by atoms with Crippen LogP contribution in [0.1, 0.15) is 29.5 Å². The van der Waals surface area contributed by atoms with E-state index in [1.165, 1.54) is 24.3 Å². The highest BCUT2D eigenvalue weighted by Gasteiger charge is 2.36. The van der Waals surface area contributed by atoms with Crippen LogP contribution in [-0.2, 0) is 29.0 Å². The summed E-state index contributed by atoms with van der Waals surface area (Å²) >= 11 is 7.36. The third-order valence-electron chi connectivity index (χ3n) is 5.97. The molecule has 180 valence electrons. The third kappa shape index (κ3) is 4.79. The second kappa shape index (κ2) is 8.47. The summed E-state index contributed by atoms with van der Waals surface area (Å²) in [6.07, 6.45) is 0.307. The molecule has 0 spiro atoms. The van der Waals surface area contributed by atoms with Gasteiger partial charge in [-0.3, -0.25) is 4.90 Å². The smallest absolute Gasteiger partial charge is 0.323 e. The van der Waals surface area contributed by atoms with Gasteiger partial charge < -0.3 is 5.32 Å². The molecule has 1 saturated carbocycles. The topological polar surface area (TPSA) is 75.2 Å². The molecule has 1 aliphatic carbocycles. The normalized spacial score (nSPS) is 17.0. The molecule has 12 heteroatoms. The van der Waals surface area contributed by atoms with Gasteiger partial charge in [-0.25, -0.2) is 18.4 Å². The average Bonchev–Trinajstić information content (AvgIpc) is 3.47. The number of hydrogen-bond acceptors (Lipinski definition) is 7. The Labute approximate surface area is 203 Å². The molecule has 1 fully saturated rings. The van der Waals surface area contributed by atoms with Crippen LogP contribution in [0.3, 0.4) is 0 Å². The quantitative estimate of drug-likeness (QED) is 0.468. The van der Waals surface area contributed by atoms with Crippen molar-refractivity contribution >= 4 is 44.4 Å². The van der Waals surface area contributed by atoms with Crippen molar-refractivity contribution < 1.29 is 21.6 Å². The zero-order valence-corrected chi connectivity index (χ0v) is 20.4. The number of sulfone groups is 1. The SMILES string of the molecule is CS(=O)(=O)c1csc(-c2nc(Nc3cc4c(cc3Cl)CN(C3CC3)CC4)ncc2C(F)(F)F)c1. The van der Waals surface area contributed by atoms with E-state index in [9.17, 15) is 21.6 Å². The summed E-state index contributed by atoms with van der Waals surface area (Å²) in [6.45, 7) is 1.79. The van der Waals surface area contributed by atoms with Gasteiger partial charge in [0.15, 0.2) is 9.84 Å². The summed E-state index contributed by atoms with van der Waals surface area (Å²) in [5.41, 5.74) is 1.35. The number of benzene rings is 1. The molecular weight excluding hydrogens is 509 g/mol. The third-order valence-corrected chi connectivity index (χ3v) is 8.46. The molecule has 5 rings (SSSR count). The Kier molecular flexibility index (Phi) is 5.86. The number of fused-ring (bicyclic) bond motifs is 1. The Bertz CT molecular complexity index is 1370. The molecule has 1 aromatic carbocycles. The molecule has 3 heterocycles. The van der Waals surface area contributed by atoms with E-state index in [4.69, 9.17) is 11.6 Å². The van der Waals surface area contributed by atoms with Crippen molar-refractivity contribution in [2.24, 2.45) is 0 Å². The van der Waals surface area contributed by atoms with Crippen LogP contribution in [0, 0.1) is 0 Å². The molecule has 2 aliphatic rings. The summed E-state index contributed by atoms with van der Waals surface area (Å²) in [5.74, 6) is -0.0606. The number of anilines is 2. The van der Waals surface area contributed by atoms with Gasteiger partial charge in [-0.15, -0.1) is 11.3 Å². The van der Waals surface area contributed by atoms with Crippen LogP contribution in [0.4, 0.5) is 24.8 Å². The first kappa shape index (κ1) is 23.5. The summed E-state index contributed by atoms with van der Waals surface area (Å²) in [4.78, 5) is 10.4. The molecule has 0 unspecified atom stereocenters. The zero-order valence-electron chi connectivity index (χ0n) is 18.0. The fraction of sp³-hybridized carbons (Fsp3) is 0.364. The van der Waals surface area contributed by atoms with E-state index >= 15 is 0 Å². The Morgan fingerprint density at radius 1 is 1.21 bits per heavy atom. The highest BCUT2D eigenvalue weighted by atomic mass is 35.5. The first-order valence-electron chi connectivity index (χ1n) is 10.5. The molecule has 0 bridgehead atoms. The van der Waals surface area contributed by atoms with E-state index in [0.717, 1.165) is 48.2 Å². The molecule has 3 aromatic rings. The van der Waals surface area contributed by atoms with Crippen LogP contribution >= 0.6 is 22.9 Å². The summed E-state index contributed by atoms with van der Waals surface area (Å²) in [7, 11) is -3.57. The van der Waals surface area contributed by atoms with Crippen molar-refractivity contribution in [1.82, 2.24) is 14.9 Å². The number of aromatic nitrogens is 2. The minimum absolute atomic E-state index is 0.0606. The van der Waals surface area contributed by atoms with Gasteiger partial charge in [-0.05, 0) is 48.6 Å². The van der Waals surface area contributed by atoms with Gasteiger partial charge in [0.2, 0.25) is 5.95 Å². The van der Waals surface area contributed by atoms with Crippen LogP contribution in [0.15, 0.2) is 34.7 Å². The Balaban J connectivity index is 1.48. The predicted molar refractivity (Wildman–Crippen MR) is 125 cm³/mol. The maximum absolute atomic E-state index is 13.6. The molecule has 1 aliphatic heterocycles. The summed E-state index contributed by atoms with van der Waals surface area (Å²) < 4.78 is 64.5. The Morgan fingerprint density at radius 2 is 1.97 bits per heavy atom. The van der Waals surface area contributed by atoms with Crippen LogP contribution in [0.2, 0.25) is 5.02 Å². The van der Waals surface area contributed by atoms with Gasteiger partial charge >= 0.3 is 6.18 Å². The highest BCUT2D eigenvalue weighted by molar-refractivity contribution is 7.90. The van der Waals surface area contributed by atoms with E-state index in [1.54, 1.807) is 0 Å². The van der Waals surface area contributed by atoms with Crippen molar-refractivity contribution in [2.75, 3.05) is 18.1 Å². The van der Waals surface area contributed by atoms with E-state index < -0.39 is 21.6 Å². The fourth-order valence-electron chi connectivity index (χ4n) is 4.04. The lowest BCUT2D eigenvalue weighted by Gasteiger charge is -2.29. The lowest BCUT2D eigenvalue weighted by Crippen LogP contribution is -2.32. The van der Waals surface area contributed by atoms with Crippen molar-refractivity contribution in [1.29, 1.82) is 0 Å². The second-order valence-electron chi connectivity index (χ2n) is 8.55. The number of nitrogens with one attached hydrogen (secondary N) is 1. The lowest BCUT2D eigenvalue weighted by molar-refractivity contribution is -0.137. The van der Waals surface area contributed by atoms with Crippen molar-refractivity contribution in [3.63, 3.8) is 0 Å². The Hall–Kier alpha value is -2.21. The molecule has 0 atom stereocenters. The number of alkyl halides is 3. The van der Waals surface area contributed by atoms with Crippen LogP contribution < -0.4 is 5.32 Å². The lowest BCUT2D eigenvalue weighted by atomic mass is 9.99. The molecular formula is C22H20ClF3N4O2S2. The van der Waals surface area contributed by atoms with Gasteiger partial charge in [0.05, 0.1) is 26.2 Å². The summed E-state index contributed by atoms with van der Waals surface area (Å²) in [6, 6.07) is 5.63. The summed E-state index contributed by atoms with van der Waals surface area (Å²) in [5, 5.41) is 4.67. The van der Waals surface area contributed by atoms with Crippen molar-refractivity contribution in [3.05, 3.63) is 51.5 Å². The fourth-order valence-corrected chi connectivity index (χ4v) is 6.30. The van der Waals surface area contributed by atoms with Crippen LogP contribution in [-0.4, -0.2) is 42.1 Å². The van der Waals surface area contributed by atoms with E-state index in [2.05, 4.69) is 20.2 Å². The standard InChI is InChI=1S/C22H20ClF3N4O2S2/c1-34(31,32)15-8-19(33-11-15)20-16(22(24,25)26)9-27-21(29-20)28-18-7-12-4-5-30(14-2-3-14)10-13(12)6-17(18)23/h6-9,11,14H,2-5,10H2,1H3,(H,27,28,29). The molecule has 34 heavy (non-hydrogen) atoms. The van der Waals surface area contributed by atoms with Gasteiger partial charge in [0.1, 0.15) is 5.56 Å². The second-order valence-corrected chi connectivity index (χ2v) is 11.9. The molecule has 0 amide bonds. The van der Waals surface area contributed by atoms with E-state index in [1.807, 2.05) is 12.1 Å². The zero-order chi connectivity index (χ0) is 24.3. The first-order valence-corrected chi connectivity index (χ1v) is 13.7. The Morgan fingerprint density at radius 3 is 2.62 bits per heavy atom. The van der Waals surface area contributed by atoms with Crippen molar-refractivity contribution in [3.8, 4) is 10.6 Å². The highest BCUT2D eigenvalue weighted by Crippen LogP contribution is 2.40. The largest absolute Gasteiger partial charge is 0.420 e. The van der Waals surface area contributed by atoms with Crippen molar-refractivity contribution in [2.45, 2.75) is 42.9 Å². The minimum Gasteiger partial charge on any atom is -0.323 e. The number of nitrogens with zero attached hydrogens (tertiary/aromatic N) is 3. The van der Waals surface area contributed by atoms with Gasteiger partial charge in [0, 0.05) is 37.0 Å². The first-order chi connectivity index (χ1) is 16.0. The van der Waals surface area contributed by atoms with E-state index in [-0.39, 0.29) is 21.4 Å². The molecule has 1 N–H and O–H groups in total. The van der Waals surface area contributed by atoms with Crippen LogP contribution in [0.5, 0.6) is 0 Å².